The van der Waals surface area contributed by atoms with E-state index in [1.165, 1.54) is 12.8 Å². The fraction of sp³-hybridized carbons (Fsp3) is 0.867. The number of nitrogens with zero attached hydrogens (tertiary/aromatic N) is 3. The van der Waals surface area contributed by atoms with E-state index < -0.39 is 0 Å². The van der Waals surface area contributed by atoms with E-state index in [4.69, 9.17) is 0 Å². The molecule has 21 heavy (non-hydrogen) atoms. The predicted molar refractivity (Wildman–Crippen MR) is 97.2 cm³/mol. The Bertz CT molecular complexity index is 367. The smallest absolute Gasteiger partial charge is 0.225 e. The van der Waals surface area contributed by atoms with Crippen molar-refractivity contribution in [1.82, 2.24) is 15.1 Å². The Balaban J connectivity index is 0.00000220. The van der Waals surface area contributed by atoms with Crippen LogP contribution in [0.5, 0.6) is 0 Å². The third kappa shape index (κ3) is 5.00. The Morgan fingerprint density at radius 1 is 1.29 bits per heavy atom. The summed E-state index contributed by atoms with van der Waals surface area (Å²) in [6.45, 7) is 4.53. The van der Waals surface area contributed by atoms with Gasteiger partial charge in [0.1, 0.15) is 0 Å². The van der Waals surface area contributed by atoms with Gasteiger partial charge in [-0.25, -0.2) is 0 Å². The first kappa shape index (κ1) is 18.5. The Hall–Kier alpha value is -0.530. The minimum atomic E-state index is 0. The lowest BCUT2D eigenvalue weighted by Gasteiger charge is -2.23. The minimum Gasteiger partial charge on any atom is -0.352 e. The molecule has 1 heterocycles. The van der Waals surface area contributed by atoms with Gasteiger partial charge in [-0.15, -0.1) is 24.0 Å². The van der Waals surface area contributed by atoms with E-state index >= 15 is 0 Å². The first-order chi connectivity index (χ1) is 9.61. The summed E-state index contributed by atoms with van der Waals surface area (Å²) >= 11 is 0. The van der Waals surface area contributed by atoms with E-state index in [-0.39, 0.29) is 24.0 Å². The molecule has 1 atom stereocenters. The number of hydrogen-bond acceptors (Lipinski definition) is 2. The molecule has 0 radical (unpaired) electrons. The van der Waals surface area contributed by atoms with Gasteiger partial charge in [0.05, 0.1) is 0 Å². The number of halogens is 1. The zero-order valence-corrected chi connectivity index (χ0v) is 15.8. The number of hydrogen-bond donors (Lipinski definition) is 1. The van der Waals surface area contributed by atoms with E-state index in [9.17, 15) is 4.79 Å². The van der Waals surface area contributed by atoms with Gasteiger partial charge in [-0.1, -0.05) is 12.8 Å². The molecule has 1 aliphatic heterocycles. The molecule has 0 bridgehead atoms. The third-order valence-electron chi connectivity index (χ3n) is 4.27. The van der Waals surface area contributed by atoms with Crippen molar-refractivity contribution in [3.63, 3.8) is 0 Å². The van der Waals surface area contributed by atoms with Crippen molar-refractivity contribution >= 4 is 35.8 Å². The minimum absolute atomic E-state index is 0. The van der Waals surface area contributed by atoms with Crippen LogP contribution in [0.3, 0.4) is 0 Å². The maximum Gasteiger partial charge on any atom is 0.225 e. The summed E-state index contributed by atoms with van der Waals surface area (Å²) in [6, 6.07) is 0.341. The number of guanidine groups is 1. The van der Waals surface area contributed by atoms with Crippen molar-refractivity contribution in [2.45, 2.75) is 45.1 Å². The zero-order chi connectivity index (χ0) is 14.5. The lowest BCUT2D eigenvalue weighted by Crippen LogP contribution is -2.45. The van der Waals surface area contributed by atoms with E-state index in [2.05, 4.69) is 10.3 Å². The highest BCUT2D eigenvalue weighted by atomic mass is 127. The molecule has 122 valence electrons. The summed E-state index contributed by atoms with van der Waals surface area (Å²) in [7, 11) is 4.00. The molecular weight excluding hydrogens is 379 g/mol. The number of amides is 1. The highest BCUT2D eigenvalue weighted by molar-refractivity contribution is 14.0. The van der Waals surface area contributed by atoms with E-state index in [1.54, 1.807) is 0 Å². The van der Waals surface area contributed by atoms with Crippen LogP contribution < -0.4 is 5.32 Å². The van der Waals surface area contributed by atoms with Gasteiger partial charge in [-0.2, -0.15) is 0 Å². The summed E-state index contributed by atoms with van der Waals surface area (Å²) in [4.78, 5) is 20.9. The summed E-state index contributed by atoms with van der Waals surface area (Å²) in [5.41, 5.74) is 0. The Labute approximate surface area is 145 Å². The van der Waals surface area contributed by atoms with Crippen molar-refractivity contribution in [2.24, 2.45) is 10.9 Å². The van der Waals surface area contributed by atoms with Crippen LogP contribution in [0.15, 0.2) is 4.99 Å². The normalized spacial score (nSPS) is 23.1. The zero-order valence-electron chi connectivity index (χ0n) is 13.5. The molecule has 1 saturated heterocycles. The number of likely N-dealkylation sites (tertiary alicyclic amines) is 1. The second-order valence-corrected chi connectivity index (χ2v) is 6.09. The molecule has 2 fully saturated rings. The van der Waals surface area contributed by atoms with Gasteiger partial charge in [0.15, 0.2) is 5.96 Å². The van der Waals surface area contributed by atoms with Crippen molar-refractivity contribution in [2.75, 3.05) is 33.7 Å². The molecule has 1 aliphatic carbocycles. The van der Waals surface area contributed by atoms with Crippen molar-refractivity contribution < 1.29 is 4.79 Å². The Morgan fingerprint density at radius 3 is 2.52 bits per heavy atom. The lowest BCUT2D eigenvalue weighted by atomic mass is 10.1. The number of carbonyl (C=O) groups is 1. The van der Waals surface area contributed by atoms with Crippen LogP contribution in [-0.4, -0.2) is 61.4 Å². The average molecular weight is 408 g/mol. The molecule has 5 nitrogen and oxygen atoms in total. The molecule has 2 rings (SSSR count). The molecule has 0 aromatic rings. The van der Waals surface area contributed by atoms with Gasteiger partial charge in [-0.3, -0.25) is 9.79 Å². The molecule has 1 unspecified atom stereocenters. The van der Waals surface area contributed by atoms with Crippen molar-refractivity contribution in [1.29, 1.82) is 0 Å². The van der Waals surface area contributed by atoms with Gasteiger partial charge in [-0.05, 0) is 26.2 Å². The van der Waals surface area contributed by atoms with Crippen LogP contribution in [0, 0.1) is 5.92 Å². The van der Waals surface area contributed by atoms with E-state index in [0.717, 1.165) is 44.9 Å². The van der Waals surface area contributed by atoms with Crippen LogP contribution >= 0.6 is 24.0 Å². The Morgan fingerprint density at radius 2 is 1.95 bits per heavy atom. The average Bonchev–Trinajstić information content (AvgIpc) is 3.09. The van der Waals surface area contributed by atoms with Crippen molar-refractivity contribution in [3.8, 4) is 0 Å². The van der Waals surface area contributed by atoms with Crippen LogP contribution in [0.25, 0.3) is 0 Å². The maximum absolute atomic E-state index is 12.4. The largest absolute Gasteiger partial charge is 0.352 e. The van der Waals surface area contributed by atoms with Crippen LogP contribution in [0.1, 0.15) is 39.0 Å². The molecule has 1 saturated carbocycles. The topological polar surface area (TPSA) is 47.9 Å². The van der Waals surface area contributed by atoms with Gasteiger partial charge >= 0.3 is 0 Å². The monoisotopic (exact) mass is 408 g/mol. The summed E-state index contributed by atoms with van der Waals surface area (Å²) in [6.07, 6.45) is 5.65. The number of rotatable bonds is 3. The van der Waals surface area contributed by atoms with E-state index in [0.29, 0.717) is 17.9 Å². The van der Waals surface area contributed by atoms with E-state index in [1.807, 2.05) is 30.8 Å². The highest BCUT2D eigenvalue weighted by Crippen LogP contribution is 2.27. The SMILES string of the molecule is CCN=C(NC1CCN(C(=O)C2CCCC2)C1)N(C)C.I. The quantitative estimate of drug-likeness (QED) is 0.441. The first-order valence-corrected chi connectivity index (χ1v) is 7.89. The number of aliphatic imine (C=N–C) groups is 1. The fourth-order valence-corrected chi connectivity index (χ4v) is 3.16. The van der Waals surface area contributed by atoms with Gasteiger partial charge in [0, 0.05) is 45.7 Å². The van der Waals surface area contributed by atoms with Gasteiger partial charge in [0.2, 0.25) is 5.91 Å². The number of nitrogens with one attached hydrogen (secondary N) is 1. The molecule has 1 N–H and O–H groups in total. The lowest BCUT2D eigenvalue weighted by molar-refractivity contribution is -0.134. The summed E-state index contributed by atoms with van der Waals surface area (Å²) in [5, 5.41) is 3.47. The highest BCUT2D eigenvalue weighted by Gasteiger charge is 2.32. The molecule has 0 aromatic carbocycles. The van der Waals surface area contributed by atoms with Gasteiger partial charge in [0.25, 0.3) is 0 Å². The molecule has 1 amide bonds. The molecule has 2 aliphatic rings. The second kappa shape index (κ2) is 8.80. The number of carbonyl (C=O) groups excluding carboxylic acids is 1. The molecule has 6 heteroatoms. The van der Waals surface area contributed by atoms with Crippen LogP contribution in [-0.2, 0) is 4.79 Å². The van der Waals surface area contributed by atoms with Gasteiger partial charge < -0.3 is 15.1 Å². The van der Waals surface area contributed by atoms with Crippen LogP contribution in [0.4, 0.5) is 0 Å². The third-order valence-corrected chi connectivity index (χ3v) is 4.27. The predicted octanol–water partition coefficient (Wildman–Crippen LogP) is 1.92. The molecule has 0 aromatic heterocycles. The standard InChI is InChI=1S/C15H28N4O.HI/c1-4-16-15(18(2)3)17-13-9-10-19(11-13)14(20)12-7-5-6-8-12;/h12-13H,4-11H2,1-3H3,(H,16,17);1H. The summed E-state index contributed by atoms with van der Waals surface area (Å²) in [5.74, 6) is 1.60. The molecular formula is C15H29IN4O. The van der Waals surface area contributed by atoms with Crippen molar-refractivity contribution in [3.05, 3.63) is 0 Å². The Kier molecular flexibility index (Phi) is 7.76. The maximum atomic E-state index is 12.4. The second-order valence-electron chi connectivity index (χ2n) is 6.09. The van der Waals surface area contributed by atoms with Crippen LogP contribution in [0.2, 0.25) is 0 Å². The fourth-order valence-electron chi connectivity index (χ4n) is 3.16. The first-order valence-electron chi connectivity index (χ1n) is 7.89. The summed E-state index contributed by atoms with van der Waals surface area (Å²) < 4.78 is 0. The molecule has 0 spiro atoms.